The summed E-state index contributed by atoms with van der Waals surface area (Å²) in [6.07, 6.45) is 3.02. The Kier molecular flexibility index (Phi) is 6.10. The van der Waals surface area contributed by atoms with Gasteiger partial charge in [0.2, 0.25) is 0 Å². The maximum Gasteiger partial charge on any atom is 0.189 e. The lowest BCUT2D eigenvalue weighted by atomic mass is 10.1. The fraction of sp³-hybridized carbons (Fsp3) is 0.600. The number of nitrogens with zero attached hydrogens (tertiary/aromatic N) is 1. The van der Waals surface area contributed by atoms with Gasteiger partial charge in [-0.05, 0) is 45.0 Å². The van der Waals surface area contributed by atoms with E-state index in [-0.39, 0.29) is 6.61 Å². The summed E-state index contributed by atoms with van der Waals surface area (Å²) in [5.41, 5.74) is 2.13. The molecule has 0 saturated carbocycles. The van der Waals surface area contributed by atoms with Gasteiger partial charge in [0.05, 0.1) is 6.61 Å². The van der Waals surface area contributed by atoms with Gasteiger partial charge in [0.15, 0.2) is 6.79 Å². The van der Waals surface area contributed by atoms with Gasteiger partial charge in [-0.3, -0.25) is 0 Å². The van der Waals surface area contributed by atoms with Crippen LogP contribution in [0.1, 0.15) is 30.4 Å². The van der Waals surface area contributed by atoms with Crippen LogP contribution in [0.5, 0.6) is 5.75 Å². The molecule has 0 fully saturated rings. The minimum absolute atomic E-state index is 0.277. The van der Waals surface area contributed by atoms with Crippen LogP contribution >= 0.6 is 11.6 Å². The topological polar surface area (TPSA) is 41.9 Å². The van der Waals surface area contributed by atoms with E-state index in [1.807, 2.05) is 12.1 Å². The highest BCUT2D eigenvalue weighted by molar-refractivity contribution is 6.30. The second kappa shape index (κ2) is 7.84. The summed E-state index contributed by atoms with van der Waals surface area (Å²) in [5, 5.41) is 9.50. The van der Waals surface area contributed by atoms with E-state index < -0.39 is 0 Å². The van der Waals surface area contributed by atoms with Gasteiger partial charge in [-0.2, -0.15) is 0 Å². The van der Waals surface area contributed by atoms with E-state index in [1.165, 1.54) is 0 Å². The number of halogens is 1. The predicted octanol–water partition coefficient (Wildman–Crippen LogP) is 2.80. The number of unbranched alkanes of at least 4 members (excludes halogenated alkanes) is 2. The summed E-state index contributed by atoms with van der Waals surface area (Å²) >= 11 is 6.15. The molecule has 0 bridgehead atoms. The lowest BCUT2D eigenvalue weighted by Crippen LogP contribution is -2.21. The average Bonchev–Trinajstić information content (AvgIpc) is 2.43. The summed E-state index contributed by atoms with van der Waals surface area (Å²) in [4.78, 5) is 2.25. The van der Waals surface area contributed by atoms with Crippen molar-refractivity contribution in [3.63, 3.8) is 0 Å². The molecule has 4 nitrogen and oxygen atoms in total. The Balaban J connectivity index is 1.96. The highest BCUT2D eigenvalue weighted by atomic mass is 35.5. The molecule has 1 N–H and O–H groups in total. The molecule has 1 aliphatic heterocycles. The first kappa shape index (κ1) is 15.6. The predicted molar refractivity (Wildman–Crippen MR) is 79.0 cm³/mol. The summed E-state index contributed by atoms with van der Waals surface area (Å²) in [7, 11) is 2.09. The first-order chi connectivity index (χ1) is 9.70. The maximum absolute atomic E-state index is 8.77. The Morgan fingerprint density at radius 3 is 2.95 bits per heavy atom. The molecule has 2 rings (SSSR count). The molecule has 0 amide bonds. The van der Waals surface area contributed by atoms with Crippen LogP contribution < -0.4 is 4.74 Å². The number of rotatable bonds is 7. The molecule has 5 heteroatoms. The number of aliphatic hydroxyl groups excluding tert-OH is 1. The SMILES string of the molecule is CN(CCCCCO)Cc1cc(Cl)cc2c1OCOC2. The molecule has 0 aliphatic carbocycles. The Bertz CT molecular complexity index is 439. The molecule has 0 radical (unpaired) electrons. The third-order valence-corrected chi connectivity index (χ3v) is 3.61. The number of aliphatic hydroxyl groups is 1. The smallest absolute Gasteiger partial charge is 0.189 e. The zero-order valence-electron chi connectivity index (χ0n) is 11.9. The van der Waals surface area contributed by atoms with Gasteiger partial charge in [-0.15, -0.1) is 0 Å². The number of benzene rings is 1. The Hall–Kier alpha value is -0.810. The van der Waals surface area contributed by atoms with Crippen molar-refractivity contribution in [1.82, 2.24) is 4.90 Å². The molecule has 0 saturated heterocycles. The van der Waals surface area contributed by atoms with Crippen LogP contribution in [0.2, 0.25) is 5.02 Å². The highest BCUT2D eigenvalue weighted by Gasteiger charge is 2.17. The molecular formula is C15H22ClNO3. The first-order valence-electron chi connectivity index (χ1n) is 7.02. The zero-order chi connectivity index (χ0) is 14.4. The molecule has 0 aromatic heterocycles. The molecule has 0 atom stereocenters. The van der Waals surface area contributed by atoms with E-state index in [0.717, 1.165) is 54.3 Å². The quantitative estimate of drug-likeness (QED) is 0.786. The van der Waals surface area contributed by atoms with Gasteiger partial charge in [0, 0.05) is 29.3 Å². The van der Waals surface area contributed by atoms with Gasteiger partial charge in [0.25, 0.3) is 0 Å². The van der Waals surface area contributed by atoms with Gasteiger partial charge in [-0.25, -0.2) is 0 Å². The highest BCUT2D eigenvalue weighted by Crippen LogP contribution is 2.32. The molecule has 20 heavy (non-hydrogen) atoms. The van der Waals surface area contributed by atoms with Crippen LogP contribution in [0.25, 0.3) is 0 Å². The van der Waals surface area contributed by atoms with Crippen molar-refractivity contribution in [1.29, 1.82) is 0 Å². The lowest BCUT2D eigenvalue weighted by Gasteiger charge is -2.24. The normalized spacial score (nSPS) is 14.2. The molecular weight excluding hydrogens is 278 g/mol. The molecule has 1 heterocycles. The third kappa shape index (κ3) is 4.35. The Morgan fingerprint density at radius 2 is 2.15 bits per heavy atom. The summed E-state index contributed by atoms with van der Waals surface area (Å²) in [6.45, 7) is 2.95. The summed E-state index contributed by atoms with van der Waals surface area (Å²) < 4.78 is 10.9. The Labute approximate surface area is 125 Å². The fourth-order valence-corrected chi connectivity index (χ4v) is 2.68. The van der Waals surface area contributed by atoms with Crippen molar-refractivity contribution < 1.29 is 14.6 Å². The van der Waals surface area contributed by atoms with Crippen molar-refractivity contribution in [3.8, 4) is 5.75 Å². The van der Waals surface area contributed by atoms with Gasteiger partial charge >= 0.3 is 0 Å². The van der Waals surface area contributed by atoms with Crippen molar-refractivity contribution >= 4 is 11.6 Å². The van der Waals surface area contributed by atoms with Crippen molar-refractivity contribution in [2.75, 3.05) is 27.0 Å². The van der Waals surface area contributed by atoms with Crippen LogP contribution in [0, 0.1) is 0 Å². The summed E-state index contributed by atoms with van der Waals surface area (Å²) in [6, 6.07) is 3.87. The second-order valence-corrected chi connectivity index (χ2v) is 5.62. The molecule has 1 aliphatic rings. The monoisotopic (exact) mass is 299 g/mol. The van der Waals surface area contributed by atoms with E-state index in [9.17, 15) is 0 Å². The zero-order valence-corrected chi connectivity index (χ0v) is 12.7. The van der Waals surface area contributed by atoms with E-state index in [0.29, 0.717) is 13.4 Å². The van der Waals surface area contributed by atoms with Gasteiger partial charge in [0.1, 0.15) is 5.75 Å². The van der Waals surface area contributed by atoms with Gasteiger partial charge < -0.3 is 19.5 Å². The van der Waals surface area contributed by atoms with E-state index >= 15 is 0 Å². The van der Waals surface area contributed by atoms with E-state index in [1.54, 1.807) is 0 Å². The first-order valence-corrected chi connectivity index (χ1v) is 7.39. The molecule has 0 spiro atoms. The minimum atomic E-state index is 0.277. The largest absolute Gasteiger partial charge is 0.467 e. The number of hydrogen-bond acceptors (Lipinski definition) is 4. The number of ether oxygens (including phenoxy) is 2. The maximum atomic E-state index is 8.77. The average molecular weight is 300 g/mol. The van der Waals surface area contributed by atoms with Crippen molar-refractivity contribution in [2.24, 2.45) is 0 Å². The minimum Gasteiger partial charge on any atom is -0.467 e. The lowest BCUT2D eigenvalue weighted by molar-refractivity contribution is -0.0174. The van der Waals surface area contributed by atoms with Crippen LogP contribution in [0.15, 0.2) is 12.1 Å². The number of hydrogen-bond donors (Lipinski definition) is 1. The summed E-state index contributed by atoms with van der Waals surface area (Å²) in [5.74, 6) is 0.919. The molecule has 1 aromatic carbocycles. The van der Waals surface area contributed by atoms with Gasteiger partial charge in [-0.1, -0.05) is 11.6 Å². The fourth-order valence-electron chi connectivity index (χ4n) is 2.41. The molecule has 0 unspecified atom stereocenters. The molecule has 1 aromatic rings. The molecule has 112 valence electrons. The van der Waals surface area contributed by atoms with Crippen LogP contribution in [0.3, 0.4) is 0 Å². The van der Waals surface area contributed by atoms with E-state index in [2.05, 4.69) is 11.9 Å². The van der Waals surface area contributed by atoms with Crippen LogP contribution in [-0.4, -0.2) is 37.0 Å². The second-order valence-electron chi connectivity index (χ2n) is 5.19. The van der Waals surface area contributed by atoms with E-state index in [4.69, 9.17) is 26.2 Å². The van der Waals surface area contributed by atoms with Crippen molar-refractivity contribution in [3.05, 3.63) is 28.3 Å². The van der Waals surface area contributed by atoms with Crippen LogP contribution in [-0.2, 0) is 17.9 Å². The third-order valence-electron chi connectivity index (χ3n) is 3.39. The standard InChI is InChI=1S/C15H22ClNO3/c1-17(5-3-2-4-6-18)9-12-7-14(16)8-13-10-19-11-20-15(12)13/h7-8,18H,2-6,9-11H2,1H3. The Morgan fingerprint density at radius 1 is 1.30 bits per heavy atom. The number of fused-ring (bicyclic) bond motifs is 1. The van der Waals surface area contributed by atoms with Crippen LogP contribution in [0.4, 0.5) is 0 Å². The van der Waals surface area contributed by atoms with Crippen molar-refractivity contribution in [2.45, 2.75) is 32.4 Å².